The van der Waals surface area contributed by atoms with Gasteiger partial charge < -0.3 is 0 Å². The molecular formula is C17H14N4O2. The van der Waals surface area contributed by atoms with E-state index in [0.29, 0.717) is 5.95 Å². The molecule has 1 saturated heterocycles. The van der Waals surface area contributed by atoms with E-state index in [9.17, 15) is 9.59 Å². The summed E-state index contributed by atoms with van der Waals surface area (Å²) in [7, 11) is 1.52. The van der Waals surface area contributed by atoms with Crippen LogP contribution in [0.5, 0.6) is 0 Å². The molecule has 0 N–H and O–H groups in total. The molecule has 2 aromatic heterocycles. The van der Waals surface area contributed by atoms with E-state index in [2.05, 4.69) is 9.97 Å². The maximum Gasteiger partial charge on any atom is 0.238 e. The van der Waals surface area contributed by atoms with Crippen molar-refractivity contribution in [3.05, 3.63) is 54.5 Å². The molecule has 1 aliphatic heterocycles. The number of hydrogen-bond acceptors (Lipinski definition) is 4. The smallest absolute Gasteiger partial charge is 0.238 e. The first-order valence-electron chi connectivity index (χ1n) is 7.35. The normalized spacial score (nSPS) is 18.1. The Kier molecular flexibility index (Phi) is 2.97. The van der Waals surface area contributed by atoms with Gasteiger partial charge in [-0.05, 0) is 18.2 Å². The van der Waals surface area contributed by atoms with Crippen molar-refractivity contribution in [3.8, 4) is 5.95 Å². The van der Waals surface area contributed by atoms with Crippen LogP contribution in [0, 0.1) is 0 Å². The lowest BCUT2D eigenvalue weighted by Gasteiger charge is -2.13. The molecule has 6 nitrogen and oxygen atoms in total. The lowest BCUT2D eigenvalue weighted by Crippen LogP contribution is -2.25. The predicted molar refractivity (Wildman–Crippen MR) is 84.0 cm³/mol. The number of nitrogens with zero attached hydrogens (tertiary/aromatic N) is 4. The zero-order valence-corrected chi connectivity index (χ0v) is 12.5. The molecule has 1 fully saturated rings. The Balaban J connectivity index is 1.97. The lowest BCUT2D eigenvalue weighted by molar-refractivity contribution is -0.137. The second-order valence-electron chi connectivity index (χ2n) is 5.56. The molecule has 0 aliphatic carbocycles. The molecule has 0 spiro atoms. The van der Waals surface area contributed by atoms with Crippen molar-refractivity contribution in [2.24, 2.45) is 0 Å². The molecule has 1 atom stereocenters. The third kappa shape index (κ3) is 2.03. The number of hydrogen-bond donors (Lipinski definition) is 0. The van der Waals surface area contributed by atoms with Gasteiger partial charge in [0.05, 0.1) is 11.4 Å². The van der Waals surface area contributed by atoms with Crippen molar-refractivity contribution in [3.63, 3.8) is 0 Å². The summed E-state index contributed by atoms with van der Waals surface area (Å²) in [5.74, 6) is -0.344. The number of fused-ring (bicyclic) bond motifs is 1. The van der Waals surface area contributed by atoms with Gasteiger partial charge in [0, 0.05) is 36.9 Å². The highest BCUT2D eigenvalue weighted by Crippen LogP contribution is 2.34. The number of aromatic nitrogens is 3. The van der Waals surface area contributed by atoms with Crippen LogP contribution in [0.25, 0.3) is 16.9 Å². The first-order chi connectivity index (χ1) is 11.2. The molecule has 1 unspecified atom stereocenters. The van der Waals surface area contributed by atoms with Gasteiger partial charge in [-0.25, -0.2) is 9.97 Å². The molecule has 0 saturated carbocycles. The number of likely N-dealkylation sites (tertiary alicyclic amines) is 1. The predicted octanol–water partition coefficient (Wildman–Crippen LogP) is 1.89. The molecule has 2 amide bonds. The summed E-state index contributed by atoms with van der Waals surface area (Å²) >= 11 is 0. The van der Waals surface area contributed by atoms with Gasteiger partial charge in [-0.3, -0.25) is 19.1 Å². The second kappa shape index (κ2) is 5.01. The summed E-state index contributed by atoms with van der Waals surface area (Å²) in [6, 6.07) is 11.5. The number of para-hydroxylation sites is 1. The highest BCUT2D eigenvalue weighted by molar-refractivity contribution is 6.06. The molecule has 114 valence electrons. The molecule has 0 bridgehead atoms. The number of carbonyl (C=O) groups excluding carboxylic acids is 2. The average Bonchev–Trinajstić information content (AvgIpc) is 3.08. The van der Waals surface area contributed by atoms with E-state index in [1.807, 2.05) is 34.9 Å². The first kappa shape index (κ1) is 13.6. The topological polar surface area (TPSA) is 68.1 Å². The van der Waals surface area contributed by atoms with E-state index in [4.69, 9.17) is 0 Å². The molecule has 3 aromatic rings. The van der Waals surface area contributed by atoms with E-state index >= 15 is 0 Å². The summed E-state index contributed by atoms with van der Waals surface area (Å²) in [6.07, 6.45) is 3.50. The van der Waals surface area contributed by atoms with Crippen LogP contribution >= 0.6 is 0 Å². The standard InChI is InChI=1S/C17H14N4O2/c1-20-15(22)10-12(16(20)23)14-9-11-5-2-3-6-13(11)21(14)17-18-7-4-8-19-17/h2-9,12H,10H2,1H3. The molecule has 1 aliphatic rings. The highest BCUT2D eigenvalue weighted by Gasteiger charge is 2.39. The van der Waals surface area contributed by atoms with Gasteiger partial charge in [-0.15, -0.1) is 0 Å². The van der Waals surface area contributed by atoms with Crippen LogP contribution in [0.1, 0.15) is 18.0 Å². The number of amides is 2. The molecular weight excluding hydrogens is 292 g/mol. The Morgan fingerprint density at radius 3 is 2.52 bits per heavy atom. The van der Waals surface area contributed by atoms with Crippen molar-refractivity contribution < 1.29 is 9.59 Å². The molecule has 4 rings (SSSR count). The average molecular weight is 306 g/mol. The monoisotopic (exact) mass is 306 g/mol. The van der Waals surface area contributed by atoms with Gasteiger partial charge in [-0.2, -0.15) is 0 Å². The zero-order valence-electron chi connectivity index (χ0n) is 12.5. The van der Waals surface area contributed by atoms with Crippen molar-refractivity contribution >= 4 is 22.7 Å². The first-order valence-corrected chi connectivity index (χ1v) is 7.35. The molecule has 1 aromatic carbocycles. The number of likely N-dealkylation sites (N-methyl/N-ethyl adjacent to an activating group) is 1. The van der Waals surface area contributed by atoms with Crippen LogP contribution in [0.3, 0.4) is 0 Å². The Labute approximate surface area is 132 Å². The van der Waals surface area contributed by atoms with Crippen molar-refractivity contribution in [1.29, 1.82) is 0 Å². The number of imide groups is 1. The molecule has 6 heteroatoms. The molecule has 3 heterocycles. The Hall–Kier alpha value is -3.02. The van der Waals surface area contributed by atoms with Gasteiger partial charge in [-0.1, -0.05) is 18.2 Å². The zero-order chi connectivity index (χ0) is 16.0. The summed E-state index contributed by atoms with van der Waals surface area (Å²) < 4.78 is 1.87. The van der Waals surface area contributed by atoms with E-state index in [0.717, 1.165) is 16.6 Å². The second-order valence-corrected chi connectivity index (χ2v) is 5.56. The minimum Gasteiger partial charge on any atom is -0.285 e. The summed E-state index contributed by atoms with van der Waals surface area (Å²) in [5, 5.41) is 0.991. The molecule has 23 heavy (non-hydrogen) atoms. The van der Waals surface area contributed by atoms with E-state index in [-0.39, 0.29) is 18.2 Å². The van der Waals surface area contributed by atoms with Gasteiger partial charge in [0.25, 0.3) is 0 Å². The van der Waals surface area contributed by atoms with Crippen LogP contribution in [0.2, 0.25) is 0 Å². The summed E-state index contributed by atoms with van der Waals surface area (Å²) in [4.78, 5) is 34.1. The summed E-state index contributed by atoms with van der Waals surface area (Å²) in [5.41, 5.74) is 1.67. The number of benzene rings is 1. The van der Waals surface area contributed by atoms with Crippen LogP contribution in [0.15, 0.2) is 48.8 Å². The third-order valence-corrected chi connectivity index (χ3v) is 4.23. The van der Waals surface area contributed by atoms with E-state index < -0.39 is 5.92 Å². The SMILES string of the molecule is CN1C(=O)CC(c2cc3ccccc3n2-c2ncccn2)C1=O. The van der Waals surface area contributed by atoms with Gasteiger partial charge in [0.15, 0.2) is 0 Å². The van der Waals surface area contributed by atoms with Crippen molar-refractivity contribution in [1.82, 2.24) is 19.4 Å². The fraction of sp³-hybridized carbons (Fsp3) is 0.176. The quantitative estimate of drug-likeness (QED) is 0.678. The molecule has 0 radical (unpaired) electrons. The Morgan fingerprint density at radius 2 is 1.83 bits per heavy atom. The lowest BCUT2D eigenvalue weighted by atomic mass is 10.0. The maximum atomic E-state index is 12.4. The van der Waals surface area contributed by atoms with E-state index in [1.54, 1.807) is 18.5 Å². The van der Waals surface area contributed by atoms with Gasteiger partial charge in [0.2, 0.25) is 17.8 Å². The van der Waals surface area contributed by atoms with Gasteiger partial charge in [0.1, 0.15) is 0 Å². The van der Waals surface area contributed by atoms with Crippen molar-refractivity contribution in [2.45, 2.75) is 12.3 Å². The number of rotatable bonds is 2. The van der Waals surface area contributed by atoms with Crippen LogP contribution in [-0.4, -0.2) is 38.3 Å². The van der Waals surface area contributed by atoms with Crippen LogP contribution in [-0.2, 0) is 9.59 Å². The third-order valence-electron chi connectivity index (χ3n) is 4.23. The fourth-order valence-electron chi connectivity index (χ4n) is 3.05. The Bertz CT molecular complexity index is 917. The largest absolute Gasteiger partial charge is 0.285 e. The fourth-order valence-corrected chi connectivity index (χ4v) is 3.05. The number of carbonyl (C=O) groups is 2. The minimum absolute atomic E-state index is 0.161. The minimum atomic E-state index is -0.497. The van der Waals surface area contributed by atoms with Crippen LogP contribution < -0.4 is 0 Å². The van der Waals surface area contributed by atoms with Gasteiger partial charge >= 0.3 is 0 Å². The maximum absolute atomic E-state index is 12.4. The highest BCUT2D eigenvalue weighted by atomic mass is 16.2. The summed E-state index contributed by atoms with van der Waals surface area (Å²) in [6.45, 7) is 0. The van der Waals surface area contributed by atoms with Crippen molar-refractivity contribution in [2.75, 3.05) is 7.05 Å². The van der Waals surface area contributed by atoms with Crippen LogP contribution in [0.4, 0.5) is 0 Å². The van der Waals surface area contributed by atoms with E-state index in [1.165, 1.54) is 11.9 Å². The Morgan fingerprint density at radius 1 is 1.09 bits per heavy atom.